The van der Waals surface area contributed by atoms with Crippen molar-refractivity contribution in [3.63, 3.8) is 0 Å². The molecule has 1 aromatic heterocycles. The lowest BCUT2D eigenvalue weighted by molar-refractivity contribution is 0.111. The van der Waals surface area contributed by atoms with Crippen LogP contribution < -0.4 is 5.32 Å². The SMILES string of the molecule is Cc1cccc(NC2CN(C(=O)O)C2)n1. The van der Waals surface area contributed by atoms with E-state index in [1.165, 1.54) is 4.90 Å². The first-order valence-corrected chi connectivity index (χ1v) is 4.83. The number of nitrogens with one attached hydrogen (secondary N) is 1. The number of hydrogen-bond acceptors (Lipinski definition) is 3. The molecule has 1 amide bonds. The largest absolute Gasteiger partial charge is 0.465 e. The van der Waals surface area contributed by atoms with Gasteiger partial charge in [0.1, 0.15) is 5.82 Å². The van der Waals surface area contributed by atoms with E-state index in [1.807, 2.05) is 25.1 Å². The highest BCUT2D eigenvalue weighted by Crippen LogP contribution is 2.13. The smallest absolute Gasteiger partial charge is 0.407 e. The van der Waals surface area contributed by atoms with E-state index in [4.69, 9.17) is 5.11 Å². The Hall–Kier alpha value is -1.78. The predicted molar refractivity (Wildman–Crippen MR) is 56.0 cm³/mol. The van der Waals surface area contributed by atoms with Crippen molar-refractivity contribution in [1.82, 2.24) is 9.88 Å². The van der Waals surface area contributed by atoms with Gasteiger partial charge in [-0.3, -0.25) is 0 Å². The summed E-state index contributed by atoms with van der Waals surface area (Å²) in [7, 11) is 0. The third kappa shape index (κ3) is 2.18. The number of carbonyl (C=O) groups is 1. The summed E-state index contributed by atoms with van der Waals surface area (Å²) in [6.07, 6.45) is -0.856. The second kappa shape index (κ2) is 3.76. The molecule has 0 saturated carbocycles. The zero-order valence-corrected chi connectivity index (χ0v) is 8.47. The van der Waals surface area contributed by atoms with Crippen molar-refractivity contribution in [2.45, 2.75) is 13.0 Å². The molecule has 2 heterocycles. The van der Waals surface area contributed by atoms with Gasteiger partial charge in [0.2, 0.25) is 0 Å². The van der Waals surface area contributed by atoms with Crippen molar-refractivity contribution < 1.29 is 9.90 Å². The molecule has 0 radical (unpaired) electrons. The third-order valence-corrected chi connectivity index (χ3v) is 2.39. The van der Waals surface area contributed by atoms with Gasteiger partial charge < -0.3 is 15.3 Å². The summed E-state index contributed by atoms with van der Waals surface area (Å²) in [5.41, 5.74) is 0.953. The Labute approximate surface area is 87.7 Å². The summed E-state index contributed by atoms with van der Waals surface area (Å²) in [6.45, 7) is 2.99. The molecule has 0 bridgehead atoms. The van der Waals surface area contributed by atoms with Crippen LogP contribution in [0.4, 0.5) is 10.6 Å². The molecule has 0 aliphatic carbocycles. The van der Waals surface area contributed by atoms with Gasteiger partial charge in [0.05, 0.1) is 6.04 Å². The normalized spacial score (nSPS) is 15.9. The molecule has 15 heavy (non-hydrogen) atoms. The summed E-state index contributed by atoms with van der Waals surface area (Å²) in [6, 6.07) is 5.93. The van der Waals surface area contributed by atoms with Crippen LogP contribution in [0, 0.1) is 6.92 Å². The fourth-order valence-electron chi connectivity index (χ4n) is 1.56. The minimum atomic E-state index is -0.856. The van der Waals surface area contributed by atoms with E-state index < -0.39 is 6.09 Å². The summed E-state index contributed by atoms with van der Waals surface area (Å²) >= 11 is 0. The Bertz CT molecular complexity index is 375. The highest BCUT2D eigenvalue weighted by atomic mass is 16.4. The second-order valence-electron chi connectivity index (χ2n) is 3.69. The van der Waals surface area contributed by atoms with Crippen molar-refractivity contribution in [3.8, 4) is 0 Å². The van der Waals surface area contributed by atoms with E-state index in [9.17, 15) is 4.79 Å². The fraction of sp³-hybridized carbons (Fsp3) is 0.400. The first-order chi connectivity index (χ1) is 7.15. The molecule has 1 aliphatic rings. The van der Waals surface area contributed by atoms with Gasteiger partial charge in [-0.25, -0.2) is 9.78 Å². The maximum Gasteiger partial charge on any atom is 0.407 e. The molecule has 0 aromatic carbocycles. The predicted octanol–water partition coefficient (Wildman–Crippen LogP) is 1.16. The lowest BCUT2D eigenvalue weighted by Crippen LogP contribution is -2.56. The standard InChI is InChI=1S/C10H13N3O2/c1-7-3-2-4-9(11-7)12-8-5-13(6-8)10(14)15/h2-4,8H,5-6H2,1H3,(H,11,12)(H,14,15). The molecule has 80 valence electrons. The Morgan fingerprint density at radius 2 is 2.33 bits per heavy atom. The molecule has 5 nitrogen and oxygen atoms in total. The number of rotatable bonds is 2. The van der Waals surface area contributed by atoms with E-state index in [0.717, 1.165) is 11.5 Å². The number of anilines is 1. The van der Waals surface area contributed by atoms with Gasteiger partial charge in [0.25, 0.3) is 0 Å². The van der Waals surface area contributed by atoms with Crippen LogP contribution in [0.2, 0.25) is 0 Å². The molecule has 0 atom stereocenters. The van der Waals surface area contributed by atoms with E-state index >= 15 is 0 Å². The molecule has 2 rings (SSSR count). The van der Waals surface area contributed by atoms with Crippen molar-refractivity contribution in [1.29, 1.82) is 0 Å². The Balaban J connectivity index is 1.87. The van der Waals surface area contributed by atoms with Crippen molar-refractivity contribution in [2.75, 3.05) is 18.4 Å². The Morgan fingerprint density at radius 3 is 2.93 bits per heavy atom. The summed E-state index contributed by atoms with van der Waals surface area (Å²) in [5.74, 6) is 0.810. The van der Waals surface area contributed by atoms with Crippen molar-refractivity contribution in [3.05, 3.63) is 23.9 Å². The number of aryl methyl sites for hydroxylation is 1. The average molecular weight is 207 g/mol. The lowest BCUT2D eigenvalue weighted by Gasteiger charge is -2.37. The molecule has 2 N–H and O–H groups in total. The van der Waals surface area contributed by atoms with Gasteiger partial charge in [-0.1, -0.05) is 6.07 Å². The fourth-order valence-corrected chi connectivity index (χ4v) is 1.56. The maximum atomic E-state index is 10.5. The van der Waals surface area contributed by atoms with Gasteiger partial charge in [0.15, 0.2) is 0 Å². The van der Waals surface area contributed by atoms with Gasteiger partial charge in [0, 0.05) is 18.8 Å². The molecule has 1 fully saturated rings. The van der Waals surface area contributed by atoms with Crippen LogP contribution in [-0.4, -0.2) is 40.2 Å². The molecule has 0 unspecified atom stereocenters. The summed E-state index contributed by atoms with van der Waals surface area (Å²) in [4.78, 5) is 16.2. The van der Waals surface area contributed by atoms with Crippen LogP contribution in [0.5, 0.6) is 0 Å². The molecule has 1 aromatic rings. The first-order valence-electron chi connectivity index (χ1n) is 4.83. The number of likely N-dealkylation sites (tertiary alicyclic amines) is 1. The van der Waals surface area contributed by atoms with Crippen molar-refractivity contribution >= 4 is 11.9 Å². The van der Waals surface area contributed by atoms with Gasteiger partial charge >= 0.3 is 6.09 Å². The molecule has 0 spiro atoms. The molecule has 5 heteroatoms. The van der Waals surface area contributed by atoms with Crippen LogP contribution in [-0.2, 0) is 0 Å². The monoisotopic (exact) mass is 207 g/mol. The maximum absolute atomic E-state index is 10.5. The van der Waals surface area contributed by atoms with Gasteiger partial charge in [-0.2, -0.15) is 0 Å². The summed E-state index contributed by atoms with van der Waals surface area (Å²) < 4.78 is 0. The van der Waals surface area contributed by atoms with E-state index in [1.54, 1.807) is 0 Å². The number of nitrogens with zero attached hydrogens (tertiary/aromatic N) is 2. The van der Waals surface area contributed by atoms with E-state index in [-0.39, 0.29) is 6.04 Å². The van der Waals surface area contributed by atoms with E-state index in [2.05, 4.69) is 10.3 Å². The zero-order valence-electron chi connectivity index (χ0n) is 8.47. The minimum absolute atomic E-state index is 0.190. The minimum Gasteiger partial charge on any atom is -0.465 e. The quantitative estimate of drug-likeness (QED) is 0.763. The van der Waals surface area contributed by atoms with Crippen LogP contribution in [0.3, 0.4) is 0 Å². The number of carboxylic acid groups (broad SMARTS) is 1. The number of hydrogen-bond donors (Lipinski definition) is 2. The van der Waals surface area contributed by atoms with Crippen LogP contribution >= 0.6 is 0 Å². The van der Waals surface area contributed by atoms with Crippen molar-refractivity contribution in [2.24, 2.45) is 0 Å². The molecular weight excluding hydrogens is 194 g/mol. The topological polar surface area (TPSA) is 65.5 Å². The average Bonchev–Trinajstić information content (AvgIpc) is 2.10. The molecule has 1 saturated heterocycles. The lowest BCUT2D eigenvalue weighted by atomic mass is 10.1. The zero-order chi connectivity index (χ0) is 10.8. The second-order valence-corrected chi connectivity index (χ2v) is 3.69. The van der Waals surface area contributed by atoms with E-state index in [0.29, 0.717) is 13.1 Å². The van der Waals surface area contributed by atoms with Gasteiger partial charge in [-0.05, 0) is 19.1 Å². The van der Waals surface area contributed by atoms with Gasteiger partial charge in [-0.15, -0.1) is 0 Å². The highest BCUT2D eigenvalue weighted by Gasteiger charge is 2.30. The summed E-state index contributed by atoms with van der Waals surface area (Å²) in [5, 5.41) is 11.8. The highest BCUT2D eigenvalue weighted by molar-refractivity contribution is 5.66. The Morgan fingerprint density at radius 1 is 1.60 bits per heavy atom. The number of pyridine rings is 1. The molecular formula is C10H13N3O2. The number of aromatic nitrogens is 1. The van der Waals surface area contributed by atoms with Crippen LogP contribution in [0.1, 0.15) is 5.69 Å². The first kappa shape index (κ1) is 9.76. The van der Waals surface area contributed by atoms with Crippen LogP contribution in [0.15, 0.2) is 18.2 Å². The molecule has 1 aliphatic heterocycles. The Kier molecular flexibility index (Phi) is 2.45. The third-order valence-electron chi connectivity index (χ3n) is 2.39. The van der Waals surface area contributed by atoms with Crippen LogP contribution in [0.25, 0.3) is 0 Å². The number of amides is 1.